The van der Waals surface area contributed by atoms with Crippen LogP contribution in [-0.2, 0) is 32.3 Å². The summed E-state index contributed by atoms with van der Waals surface area (Å²) in [6, 6.07) is 31.0. The van der Waals surface area contributed by atoms with E-state index in [1.807, 2.05) is 106 Å². The number of carbonyl (C=O) groups is 4. The molecule has 0 fully saturated rings. The number of rotatable bonds is 20. The van der Waals surface area contributed by atoms with Crippen molar-refractivity contribution in [2.45, 2.75) is 64.5 Å². The fraction of sp³-hybridized carbons (Fsp3) is 0.348. The van der Waals surface area contributed by atoms with Gasteiger partial charge in [-0.2, -0.15) is 0 Å². The maximum Gasteiger partial charge on any atom is 0.303 e. The number of carboxylic acid groups (broad SMARTS) is 2. The number of aromatic nitrogens is 4. The van der Waals surface area contributed by atoms with Gasteiger partial charge in [-0.1, -0.05) is 60.7 Å². The highest BCUT2D eigenvalue weighted by atomic mass is 16.5. The molecule has 2 amide bonds. The molecule has 0 radical (unpaired) electrons. The number of aliphatic carboxylic acids is 2. The van der Waals surface area contributed by atoms with Crippen molar-refractivity contribution in [1.29, 1.82) is 0 Å². The normalized spacial score (nSPS) is 10.9. The summed E-state index contributed by atoms with van der Waals surface area (Å²) in [4.78, 5) is 58.6. The third-order valence-corrected chi connectivity index (χ3v) is 9.70. The van der Waals surface area contributed by atoms with Crippen LogP contribution in [0.25, 0.3) is 44.8 Å². The van der Waals surface area contributed by atoms with E-state index in [2.05, 4.69) is 0 Å². The van der Waals surface area contributed by atoms with E-state index in [4.69, 9.17) is 29.7 Å². The summed E-state index contributed by atoms with van der Waals surface area (Å²) in [5.74, 6) is 1.35. The average molecular weight is 819 g/mol. The Morgan fingerprint density at radius 3 is 1.47 bits per heavy atom. The van der Waals surface area contributed by atoms with Crippen molar-refractivity contribution in [3.63, 3.8) is 0 Å². The molecule has 0 unspecified atom stereocenters. The van der Waals surface area contributed by atoms with Gasteiger partial charge in [0, 0.05) is 64.3 Å². The topological polar surface area (TPSA) is 169 Å². The number of imidazole rings is 2. The lowest BCUT2D eigenvalue weighted by Crippen LogP contribution is -2.26. The Labute approximate surface area is 350 Å². The van der Waals surface area contributed by atoms with Gasteiger partial charge < -0.3 is 38.6 Å². The smallest absolute Gasteiger partial charge is 0.303 e. The predicted molar refractivity (Wildman–Crippen MR) is 231 cm³/mol. The van der Waals surface area contributed by atoms with Gasteiger partial charge in [-0.3, -0.25) is 19.2 Å². The minimum absolute atomic E-state index is 0.00633. The first kappa shape index (κ1) is 44.4. The van der Waals surface area contributed by atoms with Crippen LogP contribution in [0, 0.1) is 0 Å². The highest BCUT2D eigenvalue weighted by molar-refractivity contribution is 5.86. The lowest BCUT2D eigenvalue weighted by Gasteiger charge is -2.14. The third kappa shape index (κ3) is 12.6. The third-order valence-electron chi connectivity index (χ3n) is 9.70. The van der Waals surface area contributed by atoms with Crippen molar-refractivity contribution in [2.24, 2.45) is 0 Å². The van der Waals surface area contributed by atoms with Crippen LogP contribution in [0.5, 0.6) is 11.5 Å². The second-order valence-corrected chi connectivity index (χ2v) is 14.8. The summed E-state index contributed by atoms with van der Waals surface area (Å²) >= 11 is 0. The molecule has 0 aliphatic heterocycles. The lowest BCUT2D eigenvalue weighted by atomic mass is 10.2. The van der Waals surface area contributed by atoms with E-state index in [0.717, 1.165) is 70.5 Å². The Hall–Kier alpha value is -6.70. The maximum atomic E-state index is 12.4. The quantitative estimate of drug-likeness (QED) is 0.0731. The molecule has 316 valence electrons. The Morgan fingerprint density at radius 2 is 0.983 bits per heavy atom. The van der Waals surface area contributed by atoms with Crippen LogP contribution < -0.4 is 9.47 Å². The summed E-state index contributed by atoms with van der Waals surface area (Å²) in [5.41, 5.74) is 5.17. The van der Waals surface area contributed by atoms with E-state index in [0.29, 0.717) is 37.6 Å². The molecule has 6 aromatic rings. The van der Waals surface area contributed by atoms with Gasteiger partial charge in [-0.05, 0) is 62.8 Å². The lowest BCUT2D eigenvalue weighted by molar-refractivity contribution is -0.138. The maximum absolute atomic E-state index is 12.4. The highest BCUT2D eigenvalue weighted by Crippen LogP contribution is 2.29. The average Bonchev–Trinajstić information content (AvgIpc) is 3.78. The summed E-state index contributed by atoms with van der Waals surface area (Å²) < 4.78 is 15.5. The number of hydrogen-bond donors (Lipinski definition) is 2. The molecule has 0 saturated heterocycles. The molecule has 14 heteroatoms. The van der Waals surface area contributed by atoms with Crippen LogP contribution in [0.15, 0.2) is 97.1 Å². The van der Waals surface area contributed by atoms with E-state index in [-0.39, 0.29) is 37.7 Å². The van der Waals surface area contributed by atoms with Gasteiger partial charge in [0.05, 0.1) is 35.3 Å². The molecule has 2 N–H and O–H groups in total. The number of ether oxygens (including phenoxy) is 2. The van der Waals surface area contributed by atoms with Crippen LogP contribution in [0.1, 0.15) is 51.4 Å². The van der Waals surface area contributed by atoms with Crippen molar-refractivity contribution < 1.29 is 38.9 Å². The number of unbranched alkanes of at least 4 members (excludes halogenated alkanes) is 4. The molecule has 0 aliphatic rings. The van der Waals surface area contributed by atoms with Crippen LogP contribution in [0.4, 0.5) is 0 Å². The zero-order valence-electron chi connectivity index (χ0n) is 34.8. The number of hydrogen-bond acceptors (Lipinski definition) is 8. The van der Waals surface area contributed by atoms with Crippen molar-refractivity contribution >= 4 is 45.8 Å². The Balaban J connectivity index is 0.000000228. The van der Waals surface area contributed by atoms with E-state index in [9.17, 15) is 19.2 Å². The minimum Gasteiger partial charge on any atom is -0.494 e. The number of carbonyl (C=O) groups excluding carboxylic acids is 2. The van der Waals surface area contributed by atoms with E-state index in [1.54, 1.807) is 38.0 Å². The number of carboxylic acids is 2. The van der Waals surface area contributed by atoms with E-state index < -0.39 is 11.9 Å². The van der Waals surface area contributed by atoms with Gasteiger partial charge in [0.2, 0.25) is 11.8 Å². The first-order valence-electron chi connectivity index (χ1n) is 20.1. The molecular formula is C46H54N6O8. The first-order chi connectivity index (χ1) is 28.9. The minimum atomic E-state index is -0.767. The molecule has 0 saturated carbocycles. The number of likely N-dealkylation sites (N-methyl/N-ethyl adjacent to an activating group) is 2. The molecular weight excluding hydrogens is 765 g/mol. The van der Waals surface area contributed by atoms with Gasteiger partial charge in [-0.25, -0.2) is 9.97 Å². The Morgan fingerprint density at radius 1 is 0.533 bits per heavy atom. The van der Waals surface area contributed by atoms with E-state index in [1.165, 1.54) is 0 Å². The zero-order chi connectivity index (χ0) is 43.0. The molecule has 0 bridgehead atoms. The fourth-order valence-electron chi connectivity index (χ4n) is 6.37. The SMILES string of the molecule is CN(C)C(=O)Cn1c(-c2ccccc2)nc2cc(OCCCCCC(=O)O)ccc21.CN(C)C(=O)Cn1c(-c2ccccc2)nc2ccc(OCCCCCC(=O)O)cc21. The predicted octanol–water partition coefficient (Wildman–Crippen LogP) is 7.63. The van der Waals surface area contributed by atoms with Gasteiger partial charge in [0.15, 0.2) is 0 Å². The zero-order valence-corrected chi connectivity index (χ0v) is 34.8. The fourth-order valence-corrected chi connectivity index (χ4v) is 6.37. The second-order valence-electron chi connectivity index (χ2n) is 14.8. The summed E-state index contributed by atoms with van der Waals surface area (Å²) in [5, 5.41) is 17.4. The largest absolute Gasteiger partial charge is 0.494 e. The van der Waals surface area contributed by atoms with Gasteiger partial charge >= 0.3 is 11.9 Å². The molecule has 14 nitrogen and oxygen atoms in total. The molecule has 0 spiro atoms. The van der Waals surface area contributed by atoms with Crippen molar-refractivity contribution in [1.82, 2.24) is 28.9 Å². The molecule has 60 heavy (non-hydrogen) atoms. The van der Waals surface area contributed by atoms with E-state index >= 15 is 0 Å². The van der Waals surface area contributed by atoms with Crippen LogP contribution in [0.3, 0.4) is 0 Å². The Bertz CT molecular complexity index is 2320. The molecule has 2 heterocycles. The number of amides is 2. The summed E-state index contributed by atoms with van der Waals surface area (Å²) in [6.45, 7) is 1.43. The molecule has 0 aliphatic carbocycles. The van der Waals surface area contributed by atoms with Crippen LogP contribution in [0.2, 0.25) is 0 Å². The molecule has 6 rings (SSSR count). The summed E-state index contributed by atoms with van der Waals surface area (Å²) in [7, 11) is 6.96. The van der Waals surface area contributed by atoms with Crippen molar-refractivity contribution in [2.75, 3.05) is 41.4 Å². The number of fused-ring (bicyclic) bond motifs is 2. The first-order valence-corrected chi connectivity index (χ1v) is 20.1. The number of nitrogens with zero attached hydrogens (tertiary/aromatic N) is 6. The van der Waals surface area contributed by atoms with Crippen LogP contribution >= 0.6 is 0 Å². The number of benzene rings is 4. The van der Waals surface area contributed by atoms with Gasteiger partial charge in [0.25, 0.3) is 0 Å². The Kier molecular flexibility index (Phi) is 16.2. The molecule has 2 aromatic heterocycles. The second kappa shape index (κ2) is 21.9. The molecule has 4 aromatic carbocycles. The van der Waals surface area contributed by atoms with Gasteiger partial charge in [0.1, 0.15) is 36.2 Å². The van der Waals surface area contributed by atoms with Crippen LogP contribution in [-0.4, -0.2) is 104 Å². The summed E-state index contributed by atoms with van der Waals surface area (Å²) in [6.07, 6.45) is 4.89. The monoisotopic (exact) mass is 818 g/mol. The molecule has 0 atom stereocenters. The van der Waals surface area contributed by atoms with Gasteiger partial charge in [-0.15, -0.1) is 0 Å². The van der Waals surface area contributed by atoms with Crippen molar-refractivity contribution in [3.05, 3.63) is 97.1 Å². The standard InChI is InChI=1S/2C23H27N3O4/c1-25(2)21(27)16-26-20-13-12-18(30-14-8-4-7-11-22(28)29)15-19(20)24-23(26)17-9-5-3-6-10-17;1-25(2)21(27)16-26-20-15-18(30-14-8-4-7-11-22(28)29)12-13-19(20)24-23(26)17-9-5-3-6-10-17/h2*3,5-6,9-10,12-13,15H,4,7-8,11,14,16H2,1-2H3,(H,28,29). The van der Waals surface area contributed by atoms with Crippen molar-refractivity contribution in [3.8, 4) is 34.3 Å². The highest BCUT2D eigenvalue weighted by Gasteiger charge is 2.18.